The summed E-state index contributed by atoms with van der Waals surface area (Å²) < 4.78 is 0. The van der Waals surface area contributed by atoms with Gasteiger partial charge in [0, 0.05) is 0 Å². The van der Waals surface area contributed by atoms with E-state index in [0.29, 0.717) is 5.71 Å². The second-order valence-corrected chi connectivity index (χ2v) is 3.90. The molecule has 2 rings (SSSR count). The molecule has 0 aromatic heterocycles. The van der Waals surface area contributed by atoms with Crippen LogP contribution < -0.4 is 0 Å². The van der Waals surface area contributed by atoms with Crippen molar-refractivity contribution in [1.29, 1.82) is 0 Å². The normalized spacial score (nSPS) is 31.9. The molecule has 0 bridgehead atoms. The molecule has 2 fully saturated rings. The fraction of sp³-hybridized carbons (Fsp3) is 0.778. The predicted octanol–water partition coefficient (Wildman–Crippen LogP) is 1.44. The number of hydrogen-bond acceptors (Lipinski definition) is 1. The Hall–Kier alpha value is -0.950. The molecule has 1 atom stereocenters. The molecule has 0 aromatic rings. The van der Waals surface area contributed by atoms with Gasteiger partial charge in [-0.25, -0.2) is 0 Å². The molecular weight excluding hydrogens is 152 g/mol. The van der Waals surface area contributed by atoms with E-state index in [9.17, 15) is 4.79 Å². The van der Waals surface area contributed by atoms with Crippen molar-refractivity contribution in [3.8, 4) is 0 Å². The Labute approximate surface area is 71.4 Å². The zero-order chi connectivity index (χ0) is 8.77. The van der Waals surface area contributed by atoms with E-state index >= 15 is 0 Å². The third kappa shape index (κ3) is 0.649. The second-order valence-electron chi connectivity index (χ2n) is 3.90. The van der Waals surface area contributed by atoms with Gasteiger partial charge < -0.3 is 5.53 Å². The van der Waals surface area contributed by atoms with Gasteiger partial charge in [0.05, 0.1) is 11.3 Å². The smallest absolute Gasteiger partial charge is 0.338 e. The average molecular weight is 164 g/mol. The number of hydrogen-bond donors (Lipinski definition) is 0. The van der Waals surface area contributed by atoms with Crippen LogP contribution in [0.2, 0.25) is 0 Å². The largest absolute Gasteiger partial charge is 0.361 e. The van der Waals surface area contributed by atoms with Gasteiger partial charge >= 0.3 is 5.71 Å². The van der Waals surface area contributed by atoms with E-state index in [1.807, 2.05) is 6.92 Å². The van der Waals surface area contributed by atoms with Crippen molar-refractivity contribution in [3.63, 3.8) is 0 Å². The SMILES string of the molecule is CC1C(=[N+]=[N-])C(=O)C12CCCC2. The van der Waals surface area contributed by atoms with Crippen LogP contribution in [0.5, 0.6) is 0 Å². The van der Waals surface area contributed by atoms with Crippen molar-refractivity contribution >= 4 is 11.5 Å². The molecule has 2 aliphatic rings. The number of nitrogens with zero attached hydrogens (tertiary/aromatic N) is 2. The highest BCUT2D eigenvalue weighted by Crippen LogP contribution is 2.52. The van der Waals surface area contributed by atoms with Gasteiger partial charge in [-0.2, -0.15) is 4.79 Å². The Kier molecular flexibility index (Phi) is 1.45. The fourth-order valence-corrected chi connectivity index (χ4v) is 2.63. The number of ketones is 1. The summed E-state index contributed by atoms with van der Waals surface area (Å²) in [6.07, 6.45) is 4.28. The number of carbonyl (C=O) groups is 1. The molecular formula is C9H12N2O. The number of rotatable bonds is 0. The predicted molar refractivity (Wildman–Crippen MR) is 43.7 cm³/mol. The Morgan fingerprint density at radius 3 is 2.50 bits per heavy atom. The summed E-state index contributed by atoms with van der Waals surface area (Å²) in [6, 6.07) is 0. The minimum atomic E-state index is -0.123. The molecule has 12 heavy (non-hydrogen) atoms. The van der Waals surface area contributed by atoms with Crippen LogP contribution in [-0.4, -0.2) is 16.3 Å². The molecule has 2 saturated carbocycles. The van der Waals surface area contributed by atoms with E-state index in [0.717, 1.165) is 25.7 Å². The number of Topliss-reactive ketones (excluding diaryl/α,β-unsaturated/α-hetero) is 1. The van der Waals surface area contributed by atoms with Crippen molar-refractivity contribution in [2.75, 3.05) is 0 Å². The molecule has 0 heterocycles. The van der Waals surface area contributed by atoms with Crippen molar-refractivity contribution in [2.24, 2.45) is 11.3 Å². The van der Waals surface area contributed by atoms with Crippen LogP contribution in [0.25, 0.3) is 5.53 Å². The lowest BCUT2D eigenvalue weighted by Gasteiger charge is -2.38. The highest BCUT2D eigenvalue weighted by atomic mass is 16.1. The van der Waals surface area contributed by atoms with Crippen LogP contribution in [0.1, 0.15) is 32.6 Å². The van der Waals surface area contributed by atoms with Gasteiger partial charge in [0.1, 0.15) is 0 Å². The van der Waals surface area contributed by atoms with Gasteiger partial charge in [-0.3, -0.25) is 4.79 Å². The maximum Gasteiger partial charge on any atom is 0.338 e. The summed E-state index contributed by atoms with van der Waals surface area (Å²) in [4.78, 5) is 14.6. The molecule has 1 spiro atoms. The molecule has 2 aliphatic carbocycles. The summed E-state index contributed by atoms with van der Waals surface area (Å²) in [6.45, 7) is 1.99. The molecule has 0 aliphatic heterocycles. The van der Waals surface area contributed by atoms with Crippen LogP contribution in [0, 0.1) is 11.3 Å². The molecule has 64 valence electrons. The van der Waals surface area contributed by atoms with Crippen molar-refractivity contribution in [2.45, 2.75) is 32.6 Å². The average Bonchev–Trinajstić information content (AvgIpc) is 2.56. The van der Waals surface area contributed by atoms with Gasteiger partial charge in [-0.1, -0.05) is 19.8 Å². The lowest BCUT2D eigenvalue weighted by molar-refractivity contribution is -0.138. The maximum absolute atomic E-state index is 11.5. The van der Waals surface area contributed by atoms with Crippen LogP contribution in [0.4, 0.5) is 0 Å². The van der Waals surface area contributed by atoms with Crippen LogP contribution >= 0.6 is 0 Å². The molecule has 0 amide bonds. The Bertz CT molecular complexity index is 283. The Morgan fingerprint density at radius 2 is 2.08 bits per heavy atom. The van der Waals surface area contributed by atoms with Crippen molar-refractivity contribution < 1.29 is 9.58 Å². The zero-order valence-electron chi connectivity index (χ0n) is 7.21. The van der Waals surface area contributed by atoms with E-state index in [-0.39, 0.29) is 17.1 Å². The quantitative estimate of drug-likeness (QED) is 0.394. The lowest BCUT2D eigenvalue weighted by Crippen LogP contribution is -2.56. The van der Waals surface area contributed by atoms with Gasteiger partial charge in [0.25, 0.3) is 0 Å². The van der Waals surface area contributed by atoms with Gasteiger partial charge in [0.15, 0.2) is 0 Å². The summed E-state index contributed by atoms with van der Waals surface area (Å²) in [5, 5.41) is 0. The minimum Gasteiger partial charge on any atom is -0.361 e. The monoisotopic (exact) mass is 164 g/mol. The minimum absolute atomic E-state index is 0.0926. The zero-order valence-corrected chi connectivity index (χ0v) is 7.21. The van der Waals surface area contributed by atoms with E-state index in [1.165, 1.54) is 0 Å². The highest BCUT2D eigenvalue weighted by Gasteiger charge is 2.63. The van der Waals surface area contributed by atoms with E-state index in [4.69, 9.17) is 5.53 Å². The molecule has 3 heteroatoms. The van der Waals surface area contributed by atoms with Gasteiger partial charge in [0.2, 0.25) is 5.78 Å². The summed E-state index contributed by atoms with van der Waals surface area (Å²) in [5.74, 6) is 0.271. The summed E-state index contributed by atoms with van der Waals surface area (Å²) >= 11 is 0. The van der Waals surface area contributed by atoms with E-state index in [1.54, 1.807) is 0 Å². The molecule has 0 aromatic carbocycles. The highest BCUT2D eigenvalue weighted by molar-refractivity contribution is 6.47. The van der Waals surface area contributed by atoms with E-state index in [2.05, 4.69) is 4.79 Å². The Morgan fingerprint density at radius 1 is 1.50 bits per heavy atom. The molecule has 1 unspecified atom stereocenters. The Balaban J connectivity index is 2.32. The van der Waals surface area contributed by atoms with Crippen LogP contribution in [-0.2, 0) is 4.79 Å². The fourth-order valence-electron chi connectivity index (χ4n) is 2.63. The second kappa shape index (κ2) is 2.27. The van der Waals surface area contributed by atoms with Crippen LogP contribution in [0.3, 0.4) is 0 Å². The van der Waals surface area contributed by atoms with Gasteiger partial charge in [-0.05, 0) is 12.8 Å². The number of carbonyl (C=O) groups excluding carboxylic acids is 1. The topological polar surface area (TPSA) is 53.5 Å². The molecule has 3 nitrogen and oxygen atoms in total. The maximum atomic E-state index is 11.5. The molecule has 0 radical (unpaired) electrons. The first-order chi connectivity index (χ1) is 5.72. The summed E-state index contributed by atoms with van der Waals surface area (Å²) in [5.41, 5.74) is 8.80. The third-order valence-corrected chi connectivity index (χ3v) is 3.53. The van der Waals surface area contributed by atoms with Crippen molar-refractivity contribution in [1.82, 2.24) is 0 Å². The standard InChI is InChI=1S/C9H12N2O/c1-6-7(11-10)8(12)9(6)4-2-3-5-9/h6H,2-5H2,1H3. The van der Waals surface area contributed by atoms with Crippen molar-refractivity contribution in [3.05, 3.63) is 5.53 Å². The summed E-state index contributed by atoms with van der Waals surface area (Å²) in [7, 11) is 0. The first-order valence-corrected chi connectivity index (χ1v) is 4.49. The first-order valence-electron chi connectivity index (χ1n) is 4.49. The van der Waals surface area contributed by atoms with E-state index < -0.39 is 0 Å². The van der Waals surface area contributed by atoms with Gasteiger partial charge in [-0.15, -0.1) is 0 Å². The molecule has 0 saturated heterocycles. The third-order valence-electron chi connectivity index (χ3n) is 3.53. The lowest BCUT2D eigenvalue weighted by atomic mass is 9.57. The van der Waals surface area contributed by atoms with Crippen LogP contribution in [0.15, 0.2) is 0 Å². The first kappa shape index (κ1) is 7.69. The molecule has 0 N–H and O–H groups in total.